The largest absolute Gasteiger partial charge is 0.345 e. The first-order valence-corrected chi connectivity index (χ1v) is 12.0. The van der Waals surface area contributed by atoms with E-state index in [9.17, 15) is 14.0 Å². The van der Waals surface area contributed by atoms with E-state index in [0.29, 0.717) is 27.4 Å². The minimum Gasteiger partial charge on any atom is -0.345 e. The third kappa shape index (κ3) is 6.46. The lowest BCUT2D eigenvalue weighted by molar-refractivity contribution is -0.113. The molecule has 2 amide bonds. The van der Waals surface area contributed by atoms with Gasteiger partial charge in [-0.1, -0.05) is 47.6 Å². The topological polar surface area (TPSA) is 88.9 Å². The molecule has 3 aromatic carbocycles. The first-order valence-electron chi connectivity index (χ1n) is 10.6. The van der Waals surface area contributed by atoms with Crippen LogP contribution >= 0.6 is 23.4 Å². The number of anilines is 1. The third-order valence-electron chi connectivity index (χ3n) is 4.89. The maximum atomic E-state index is 13.5. The number of carbonyl (C=O) groups excluding carboxylic acids is 2. The van der Waals surface area contributed by atoms with E-state index in [0.717, 1.165) is 11.6 Å². The normalized spacial score (nSPS) is 10.7. The lowest BCUT2D eigenvalue weighted by Gasteiger charge is -2.12. The fourth-order valence-electron chi connectivity index (χ4n) is 3.32. The first kappa shape index (κ1) is 24.4. The molecule has 0 spiro atoms. The standard InChI is InChI=1S/C25H21ClFN5O2S/c1-16-5-2-9-20(11-16)29-23(33)15-35-25-31-30-22(32(25)21-10-4-7-18(26)13-21)14-28-24(34)17-6-3-8-19(27)12-17/h2-13H,14-15H2,1H3,(H,28,34)(H,29,33). The van der Waals surface area contributed by atoms with Crippen LogP contribution in [0.1, 0.15) is 21.7 Å². The molecule has 0 fully saturated rings. The molecular weight excluding hydrogens is 489 g/mol. The molecule has 0 saturated heterocycles. The van der Waals surface area contributed by atoms with Crippen molar-refractivity contribution in [3.8, 4) is 5.69 Å². The Kier molecular flexibility index (Phi) is 7.79. The maximum absolute atomic E-state index is 13.5. The van der Waals surface area contributed by atoms with E-state index in [4.69, 9.17) is 11.6 Å². The fraction of sp³-hybridized carbons (Fsp3) is 0.120. The van der Waals surface area contributed by atoms with Gasteiger partial charge in [0, 0.05) is 16.3 Å². The van der Waals surface area contributed by atoms with Crippen LogP contribution in [0.25, 0.3) is 5.69 Å². The molecule has 10 heteroatoms. The summed E-state index contributed by atoms with van der Waals surface area (Å²) in [5.41, 5.74) is 2.63. The van der Waals surface area contributed by atoms with Gasteiger partial charge in [-0.2, -0.15) is 0 Å². The van der Waals surface area contributed by atoms with Gasteiger partial charge in [0.1, 0.15) is 5.82 Å². The van der Waals surface area contributed by atoms with Crippen LogP contribution in [0.15, 0.2) is 78.0 Å². The van der Waals surface area contributed by atoms with E-state index < -0.39 is 11.7 Å². The van der Waals surface area contributed by atoms with Gasteiger partial charge < -0.3 is 10.6 Å². The number of hydrogen-bond donors (Lipinski definition) is 2. The van der Waals surface area contributed by atoms with Crippen LogP contribution in [0.4, 0.5) is 10.1 Å². The van der Waals surface area contributed by atoms with Crippen LogP contribution < -0.4 is 10.6 Å². The molecule has 1 aromatic heterocycles. The molecule has 35 heavy (non-hydrogen) atoms. The molecule has 0 bridgehead atoms. The number of nitrogens with one attached hydrogen (secondary N) is 2. The van der Waals surface area contributed by atoms with Gasteiger partial charge in [0.15, 0.2) is 11.0 Å². The van der Waals surface area contributed by atoms with Crippen molar-refractivity contribution in [2.75, 3.05) is 11.1 Å². The molecular formula is C25H21ClFN5O2S. The Morgan fingerprint density at radius 3 is 2.60 bits per heavy atom. The zero-order chi connectivity index (χ0) is 24.8. The number of amides is 2. The van der Waals surface area contributed by atoms with Crippen molar-refractivity contribution >= 4 is 40.9 Å². The predicted molar refractivity (Wildman–Crippen MR) is 134 cm³/mol. The number of carbonyl (C=O) groups is 2. The van der Waals surface area contributed by atoms with Crippen LogP contribution in [0.3, 0.4) is 0 Å². The highest BCUT2D eigenvalue weighted by atomic mass is 35.5. The van der Waals surface area contributed by atoms with Gasteiger partial charge in [-0.25, -0.2) is 4.39 Å². The van der Waals surface area contributed by atoms with Crippen molar-refractivity contribution < 1.29 is 14.0 Å². The summed E-state index contributed by atoms with van der Waals surface area (Å²) in [6.45, 7) is 1.98. The van der Waals surface area contributed by atoms with Gasteiger partial charge >= 0.3 is 0 Å². The van der Waals surface area contributed by atoms with Gasteiger partial charge in [-0.3, -0.25) is 14.2 Å². The summed E-state index contributed by atoms with van der Waals surface area (Å²) < 4.78 is 15.2. The Morgan fingerprint density at radius 1 is 1.03 bits per heavy atom. The van der Waals surface area contributed by atoms with Crippen molar-refractivity contribution in [3.63, 3.8) is 0 Å². The fourth-order valence-corrected chi connectivity index (χ4v) is 4.28. The zero-order valence-electron chi connectivity index (χ0n) is 18.7. The summed E-state index contributed by atoms with van der Waals surface area (Å²) in [6, 6.07) is 20.0. The number of aromatic nitrogens is 3. The van der Waals surface area contributed by atoms with Crippen LogP contribution in [0.5, 0.6) is 0 Å². The van der Waals surface area contributed by atoms with E-state index in [-0.39, 0.29) is 23.8 Å². The summed E-state index contributed by atoms with van der Waals surface area (Å²) in [4.78, 5) is 25.0. The molecule has 0 saturated carbocycles. The zero-order valence-corrected chi connectivity index (χ0v) is 20.2. The number of nitrogens with zero attached hydrogens (tertiary/aromatic N) is 3. The third-order valence-corrected chi connectivity index (χ3v) is 6.06. The second-order valence-corrected chi connectivity index (χ2v) is 8.99. The monoisotopic (exact) mass is 509 g/mol. The summed E-state index contributed by atoms with van der Waals surface area (Å²) in [6.07, 6.45) is 0. The average molecular weight is 510 g/mol. The predicted octanol–water partition coefficient (Wildman–Crippen LogP) is 5.03. The van der Waals surface area contributed by atoms with Crippen LogP contribution in [-0.4, -0.2) is 32.3 Å². The van der Waals surface area contributed by atoms with Crippen LogP contribution in [0, 0.1) is 12.7 Å². The van der Waals surface area contributed by atoms with Gasteiger partial charge in [-0.05, 0) is 61.0 Å². The summed E-state index contributed by atoms with van der Waals surface area (Å²) in [5.74, 6) is -0.609. The van der Waals surface area contributed by atoms with Crippen molar-refractivity contribution in [2.45, 2.75) is 18.6 Å². The van der Waals surface area contributed by atoms with Crippen molar-refractivity contribution in [3.05, 3.63) is 101 Å². The Hall–Kier alpha value is -3.69. The Morgan fingerprint density at radius 2 is 1.83 bits per heavy atom. The number of rotatable bonds is 8. The molecule has 4 rings (SSSR count). The Balaban J connectivity index is 1.51. The van der Waals surface area contributed by atoms with E-state index in [1.54, 1.807) is 22.8 Å². The molecule has 0 aliphatic heterocycles. The Labute approximate surface area is 210 Å². The van der Waals surface area contributed by atoms with E-state index >= 15 is 0 Å². The summed E-state index contributed by atoms with van der Waals surface area (Å²) in [7, 11) is 0. The number of halogens is 2. The molecule has 0 radical (unpaired) electrons. The molecule has 0 unspecified atom stereocenters. The number of thioether (sulfide) groups is 1. The van der Waals surface area contributed by atoms with E-state index in [2.05, 4.69) is 20.8 Å². The molecule has 0 aliphatic rings. The molecule has 1 heterocycles. The van der Waals surface area contributed by atoms with Gasteiger partial charge in [0.25, 0.3) is 5.91 Å². The van der Waals surface area contributed by atoms with Gasteiger partial charge in [0.2, 0.25) is 5.91 Å². The highest BCUT2D eigenvalue weighted by Gasteiger charge is 2.17. The van der Waals surface area contributed by atoms with Gasteiger partial charge in [0.05, 0.1) is 18.0 Å². The quantitative estimate of drug-likeness (QED) is 0.325. The molecule has 0 atom stereocenters. The number of hydrogen-bond acceptors (Lipinski definition) is 5. The second-order valence-electron chi connectivity index (χ2n) is 7.61. The SMILES string of the molecule is Cc1cccc(NC(=O)CSc2nnc(CNC(=O)c3cccc(F)c3)n2-c2cccc(Cl)c2)c1. The second kappa shape index (κ2) is 11.2. The smallest absolute Gasteiger partial charge is 0.251 e. The molecule has 2 N–H and O–H groups in total. The lowest BCUT2D eigenvalue weighted by atomic mass is 10.2. The van der Waals surface area contributed by atoms with Crippen molar-refractivity contribution in [1.82, 2.24) is 20.1 Å². The highest BCUT2D eigenvalue weighted by molar-refractivity contribution is 7.99. The van der Waals surface area contributed by atoms with E-state index in [1.807, 2.05) is 37.3 Å². The van der Waals surface area contributed by atoms with Crippen LogP contribution in [0.2, 0.25) is 5.02 Å². The van der Waals surface area contributed by atoms with Crippen LogP contribution in [-0.2, 0) is 11.3 Å². The first-order chi connectivity index (χ1) is 16.9. The minimum atomic E-state index is -0.498. The maximum Gasteiger partial charge on any atom is 0.251 e. The summed E-state index contributed by atoms with van der Waals surface area (Å²) >= 11 is 7.39. The van der Waals surface area contributed by atoms with E-state index in [1.165, 1.54) is 30.0 Å². The average Bonchev–Trinajstić information content (AvgIpc) is 3.24. The highest BCUT2D eigenvalue weighted by Crippen LogP contribution is 2.24. The lowest BCUT2D eigenvalue weighted by Crippen LogP contribution is -2.24. The number of aryl methyl sites for hydroxylation is 1. The molecule has 0 aliphatic carbocycles. The molecule has 4 aromatic rings. The minimum absolute atomic E-state index is 0.0326. The Bertz CT molecular complexity index is 1380. The molecule has 178 valence electrons. The van der Waals surface area contributed by atoms with Gasteiger partial charge in [-0.15, -0.1) is 10.2 Å². The summed E-state index contributed by atoms with van der Waals surface area (Å²) in [5, 5.41) is 15.0. The molecule has 7 nitrogen and oxygen atoms in total. The van der Waals surface area contributed by atoms with Crippen molar-refractivity contribution in [2.24, 2.45) is 0 Å². The van der Waals surface area contributed by atoms with Crippen molar-refractivity contribution in [1.29, 1.82) is 0 Å². The number of benzene rings is 3.